The number of esters is 1. The van der Waals surface area contributed by atoms with Crippen molar-refractivity contribution in [3.63, 3.8) is 0 Å². The van der Waals surface area contributed by atoms with Crippen LogP contribution in [0.4, 0.5) is 18.9 Å². The Morgan fingerprint density at radius 2 is 1.61 bits per heavy atom. The molecule has 0 bridgehead atoms. The van der Waals surface area contributed by atoms with Crippen molar-refractivity contribution in [1.29, 1.82) is 0 Å². The fourth-order valence-corrected chi connectivity index (χ4v) is 10.3. The number of aliphatic hydroxyl groups is 2. The summed E-state index contributed by atoms with van der Waals surface area (Å²) in [4.78, 5) is 13.6. The van der Waals surface area contributed by atoms with Gasteiger partial charge < -0.3 is 34.5 Å². The zero-order chi connectivity index (χ0) is 43.1. The van der Waals surface area contributed by atoms with E-state index >= 15 is 0 Å². The lowest BCUT2D eigenvalue weighted by atomic mass is 9.62. The van der Waals surface area contributed by atoms with Crippen LogP contribution in [0.25, 0.3) is 0 Å². The van der Waals surface area contributed by atoms with Crippen LogP contribution in [0.1, 0.15) is 96.5 Å². The molecule has 0 spiro atoms. The van der Waals surface area contributed by atoms with Gasteiger partial charge in [0, 0.05) is 39.7 Å². The number of anilines is 1. The third-order valence-electron chi connectivity index (χ3n) is 12.4. The standard InChI is InChI=1S/C42H65F3N2O9S/c1-12-15-36(54-10)37(46-8)29(6)34(23-26(3)40(49,24-28(5)53-9)41(50)27(4)22-25(2)38(41)55-11)30(7)56-39(48)33-16-13-14-17-35(33)47-57(51,52)32-20-18-31(19-21-32)42(43,44)45/h13-14,16-21,25-30,34,36-38,46-47,49-50H,12,15,22-24H2,1-11H3/t25-,26+,27?,28+,29?,30-,34?,36-,37+,38-,40-,41-/m0/s1. The van der Waals surface area contributed by atoms with E-state index in [0.29, 0.717) is 18.6 Å². The minimum absolute atomic E-state index is 0.0388. The minimum atomic E-state index is -4.65. The summed E-state index contributed by atoms with van der Waals surface area (Å²) >= 11 is 0. The largest absolute Gasteiger partial charge is 0.459 e. The highest BCUT2D eigenvalue weighted by molar-refractivity contribution is 7.92. The fraction of sp³-hybridized carbons (Fsp3) is 0.690. The van der Waals surface area contributed by atoms with E-state index in [-0.39, 0.29) is 54.0 Å². The van der Waals surface area contributed by atoms with E-state index in [1.165, 1.54) is 24.3 Å². The number of methoxy groups -OCH3 is 3. The number of ether oxygens (including phenoxy) is 4. The first kappa shape index (κ1) is 48.6. The van der Waals surface area contributed by atoms with Gasteiger partial charge in [-0.15, -0.1) is 0 Å². The molecule has 57 heavy (non-hydrogen) atoms. The molecule has 0 amide bonds. The predicted octanol–water partition coefficient (Wildman–Crippen LogP) is 7.31. The van der Waals surface area contributed by atoms with Crippen LogP contribution in [-0.2, 0) is 35.1 Å². The lowest BCUT2D eigenvalue weighted by Gasteiger charge is -2.52. The van der Waals surface area contributed by atoms with E-state index in [1.807, 2.05) is 41.7 Å². The summed E-state index contributed by atoms with van der Waals surface area (Å²) in [6, 6.07) is 8.63. The number of rotatable bonds is 21. The maximum absolute atomic E-state index is 14.1. The van der Waals surface area contributed by atoms with Gasteiger partial charge in [0.2, 0.25) is 0 Å². The molecular formula is C42H65F3N2O9S. The highest BCUT2D eigenvalue weighted by atomic mass is 32.2. The normalized spacial score (nSPS) is 25.1. The van der Waals surface area contributed by atoms with Gasteiger partial charge in [-0.1, -0.05) is 53.2 Å². The fourth-order valence-electron chi connectivity index (χ4n) is 9.26. The Hall–Kier alpha value is -2.79. The Morgan fingerprint density at radius 3 is 2.14 bits per heavy atom. The maximum Gasteiger partial charge on any atom is 0.416 e. The molecule has 3 rings (SSSR count). The smallest absolute Gasteiger partial charge is 0.416 e. The first-order valence-corrected chi connectivity index (χ1v) is 21.3. The molecular weight excluding hydrogens is 766 g/mol. The second-order valence-corrected chi connectivity index (χ2v) is 17.8. The van der Waals surface area contributed by atoms with Crippen molar-refractivity contribution in [2.75, 3.05) is 33.1 Å². The number of sulfonamides is 1. The summed E-state index contributed by atoms with van der Waals surface area (Å²) in [7, 11) is 2.16. The first-order chi connectivity index (χ1) is 26.6. The van der Waals surface area contributed by atoms with Crippen molar-refractivity contribution in [2.24, 2.45) is 29.6 Å². The van der Waals surface area contributed by atoms with Crippen LogP contribution < -0.4 is 10.0 Å². The zero-order valence-corrected chi connectivity index (χ0v) is 36.0. The lowest BCUT2D eigenvalue weighted by molar-refractivity contribution is -0.249. The number of carbonyl (C=O) groups excluding carboxylic acids is 1. The lowest BCUT2D eigenvalue weighted by Crippen LogP contribution is -2.67. The van der Waals surface area contributed by atoms with Gasteiger partial charge in [-0.2, -0.15) is 13.2 Å². The van der Waals surface area contributed by atoms with Crippen LogP contribution in [0.3, 0.4) is 0 Å². The van der Waals surface area contributed by atoms with Crippen LogP contribution in [0.2, 0.25) is 0 Å². The van der Waals surface area contributed by atoms with Crippen molar-refractivity contribution in [3.05, 3.63) is 59.7 Å². The molecule has 11 nitrogen and oxygen atoms in total. The Kier molecular flexibility index (Phi) is 17.0. The predicted molar refractivity (Wildman–Crippen MR) is 213 cm³/mol. The number of hydrogen-bond donors (Lipinski definition) is 4. The van der Waals surface area contributed by atoms with Gasteiger partial charge in [-0.25, -0.2) is 13.2 Å². The highest BCUT2D eigenvalue weighted by Gasteiger charge is 2.65. The molecule has 324 valence electrons. The van der Waals surface area contributed by atoms with Gasteiger partial charge in [0.05, 0.1) is 40.0 Å². The summed E-state index contributed by atoms with van der Waals surface area (Å²) in [6.45, 7) is 13.5. The number of carbonyl (C=O) groups is 1. The van der Waals surface area contributed by atoms with Crippen molar-refractivity contribution < 1.29 is 55.5 Å². The van der Waals surface area contributed by atoms with Crippen molar-refractivity contribution >= 4 is 21.7 Å². The maximum atomic E-state index is 14.1. The van der Waals surface area contributed by atoms with Crippen molar-refractivity contribution in [3.8, 4) is 0 Å². The third kappa shape index (κ3) is 10.7. The number of nitrogens with one attached hydrogen (secondary N) is 2. The number of hydrogen-bond acceptors (Lipinski definition) is 10. The third-order valence-corrected chi connectivity index (χ3v) is 13.8. The Labute approximate surface area is 337 Å². The first-order valence-electron chi connectivity index (χ1n) is 19.8. The molecule has 0 aliphatic heterocycles. The van der Waals surface area contributed by atoms with Gasteiger partial charge in [-0.3, -0.25) is 4.72 Å². The summed E-state index contributed by atoms with van der Waals surface area (Å²) < 4.78 is 92.1. The van der Waals surface area contributed by atoms with Crippen molar-refractivity contribution in [2.45, 2.75) is 133 Å². The van der Waals surface area contributed by atoms with E-state index in [0.717, 1.165) is 25.0 Å². The number of likely N-dealkylation sites (N-methyl/N-ethyl adjacent to an activating group) is 1. The zero-order valence-electron chi connectivity index (χ0n) is 35.2. The van der Waals surface area contributed by atoms with Crippen LogP contribution in [-0.4, -0.2) is 94.6 Å². The van der Waals surface area contributed by atoms with Gasteiger partial charge in [0.15, 0.2) is 0 Å². The van der Waals surface area contributed by atoms with Gasteiger partial charge in [0.1, 0.15) is 17.3 Å². The molecule has 0 radical (unpaired) electrons. The number of alkyl halides is 3. The second kappa shape index (κ2) is 20.0. The molecule has 1 fully saturated rings. The molecule has 0 aromatic heterocycles. The molecule has 15 heteroatoms. The molecule has 2 aromatic rings. The molecule has 1 saturated carbocycles. The Bertz CT molecular complexity index is 1700. The van der Waals surface area contributed by atoms with E-state index in [9.17, 15) is 36.6 Å². The molecule has 2 aromatic carbocycles. The molecule has 3 unspecified atom stereocenters. The average Bonchev–Trinajstić information content (AvgIpc) is 3.39. The molecule has 1 aliphatic carbocycles. The van der Waals surface area contributed by atoms with E-state index in [4.69, 9.17) is 18.9 Å². The van der Waals surface area contributed by atoms with E-state index < -0.39 is 74.0 Å². The van der Waals surface area contributed by atoms with Crippen LogP contribution >= 0.6 is 0 Å². The number of para-hydroxylation sites is 1. The van der Waals surface area contributed by atoms with Gasteiger partial charge in [0.25, 0.3) is 10.0 Å². The summed E-state index contributed by atoms with van der Waals surface area (Å²) in [5, 5.41) is 29.0. The molecule has 1 aliphatic rings. The summed E-state index contributed by atoms with van der Waals surface area (Å²) in [6.07, 6.45) is -4.15. The highest BCUT2D eigenvalue weighted by Crippen LogP contribution is 2.53. The second-order valence-electron chi connectivity index (χ2n) is 16.1. The topological polar surface area (TPSA) is 153 Å². The SMILES string of the molecule is CCC[C@H](OC)[C@H](NC)C(C)C(C[C@@H](C)[C@@](O)(C[C@@H](C)OC)[C@]1(O)C(C)C[C@H](C)[C@@H]1OC)[C@H](C)OC(=O)c1ccccc1NS(=O)(=O)c1ccc(C(F)(F)F)cc1. The molecule has 0 heterocycles. The number of benzene rings is 2. The Balaban J connectivity index is 2.06. The monoisotopic (exact) mass is 830 g/mol. The van der Waals surface area contributed by atoms with Gasteiger partial charge in [-0.05, 0) is 100 Å². The average molecular weight is 831 g/mol. The summed E-state index contributed by atoms with van der Waals surface area (Å²) in [5.41, 5.74) is -4.60. The van der Waals surface area contributed by atoms with Crippen LogP contribution in [0.15, 0.2) is 53.4 Å². The van der Waals surface area contributed by atoms with Gasteiger partial charge >= 0.3 is 12.1 Å². The quantitative estimate of drug-likeness (QED) is 0.0943. The number of halogens is 3. The molecule has 0 saturated heterocycles. The van der Waals surface area contributed by atoms with Crippen LogP contribution in [0.5, 0.6) is 0 Å². The Morgan fingerprint density at radius 1 is 1.00 bits per heavy atom. The van der Waals surface area contributed by atoms with E-state index in [2.05, 4.69) is 17.0 Å². The minimum Gasteiger partial charge on any atom is -0.459 e. The summed E-state index contributed by atoms with van der Waals surface area (Å²) in [5.74, 6) is -2.47. The van der Waals surface area contributed by atoms with Crippen molar-refractivity contribution in [1.82, 2.24) is 5.32 Å². The van der Waals surface area contributed by atoms with E-state index in [1.54, 1.807) is 28.3 Å². The molecule has 4 N–H and O–H groups in total. The molecule has 12 atom stereocenters. The van der Waals surface area contributed by atoms with Crippen LogP contribution in [0, 0.1) is 29.6 Å².